The molecule has 1 fully saturated rings. The molecule has 1 saturated carbocycles. The van der Waals surface area contributed by atoms with Crippen molar-refractivity contribution in [3.05, 3.63) is 28.3 Å². The Kier molecular flexibility index (Phi) is 4.37. The molecule has 1 atom stereocenters. The Bertz CT molecular complexity index is 553. The van der Waals surface area contributed by atoms with E-state index in [-0.39, 0.29) is 28.7 Å². The molecule has 0 bridgehead atoms. The number of aliphatic carboxylic acids is 1. The molecule has 1 aliphatic rings. The van der Waals surface area contributed by atoms with E-state index < -0.39 is 23.6 Å². The van der Waals surface area contributed by atoms with E-state index in [9.17, 15) is 18.0 Å². The van der Waals surface area contributed by atoms with Crippen LogP contribution in [0.2, 0.25) is 5.02 Å². The molecule has 3 nitrogen and oxygen atoms in total. The van der Waals surface area contributed by atoms with Crippen molar-refractivity contribution >= 4 is 17.6 Å². The number of methoxy groups -OCH3 is 1. The highest BCUT2D eigenvalue weighted by atomic mass is 35.5. The number of hydrogen-bond acceptors (Lipinski definition) is 2. The van der Waals surface area contributed by atoms with Crippen LogP contribution in [-0.2, 0) is 11.0 Å². The Labute approximate surface area is 124 Å². The van der Waals surface area contributed by atoms with Gasteiger partial charge < -0.3 is 9.84 Å². The van der Waals surface area contributed by atoms with E-state index in [1.54, 1.807) is 0 Å². The molecule has 0 saturated heterocycles. The average molecular weight is 323 g/mol. The summed E-state index contributed by atoms with van der Waals surface area (Å²) in [6.07, 6.45) is -3.25. The van der Waals surface area contributed by atoms with Gasteiger partial charge in [-0.3, -0.25) is 4.79 Å². The van der Waals surface area contributed by atoms with Crippen LogP contribution < -0.4 is 4.74 Å². The Morgan fingerprint density at radius 1 is 1.48 bits per heavy atom. The lowest BCUT2D eigenvalue weighted by Crippen LogP contribution is -2.14. The Balaban J connectivity index is 2.55. The third-order valence-corrected chi connectivity index (χ3v) is 3.80. The number of hydrogen-bond donors (Lipinski definition) is 1. The number of alkyl halides is 3. The predicted octanol–water partition coefficient (Wildman–Crippen LogP) is 4.34. The summed E-state index contributed by atoms with van der Waals surface area (Å²) in [6, 6.07) is 2.18. The number of rotatable bonds is 5. The van der Waals surface area contributed by atoms with Gasteiger partial charge in [0, 0.05) is 16.5 Å². The lowest BCUT2D eigenvalue weighted by Gasteiger charge is -2.22. The number of halogens is 4. The Morgan fingerprint density at radius 2 is 2.10 bits per heavy atom. The molecule has 0 spiro atoms. The van der Waals surface area contributed by atoms with Crippen LogP contribution in [0, 0.1) is 5.92 Å². The Hall–Kier alpha value is -1.43. The van der Waals surface area contributed by atoms with Crippen LogP contribution in [0.3, 0.4) is 0 Å². The normalized spacial score (nSPS) is 16.6. The number of carboxylic acid groups (broad SMARTS) is 1. The van der Waals surface area contributed by atoms with Crippen molar-refractivity contribution in [1.29, 1.82) is 0 Å². The molecule has 0 aliphatic heterocycles. The summed E-state index contributed by atoms with van der Waals surface area (Å²) in [5, 5.41) is 8.91. The standard InChI is InChI=1S/C14H14ClF3O3/c1-21-13-10(9(6-12(19)20)7-2-3-7)4-8(15)5-11(13)14(16,17)18/h4-5,7,9H,2-3,6H2,1H3,(H,19,20). The van der Waals surface area contributed by atoms with Crippen molar-refractivity contribution in [2.45, 2.75) is 31.4 Å². The van der Waals surface area contributed by atoms with E-state index >= 15 is 0 Å². The fraction of sp³-hybridized carbons (Fsp3) is 0.500. The van der Waals surface area contributed by atoms with E-state index in [2.05, 4.69) is 0 Å². The predicted molar refractivity (Wildman–Crippen MR) is 70.7 cm³/mol. The van der Waals surface area contributed by atoms with Crippen LogP contribution in [0.1, 0.15) is 36.3 Å². The minimum absolute atomic E-state index is 0.0644. The van der Waals surface area contributed by atoms with Gasteiger partial charge in [0.2, 0.25) is 0 Å². The molecule has 0 aromatic heterocycles. The summed E-state index contributed by atoms with van der Waals surface area (Å²) in [6.45, 7) is 0. The maximum atomic E-state index is 13.1. The minimum atomic E-state index is -4.61. The van der Waals surface area contributed by atoms with Gasteiger partial charge in [-0.2, -0.15) is 13.2 Å². The summed E-state index contributed by atoms with van der Waals surface area (Å²) in [5.74, 6) is -1.83. The van der Waals surface area contributed by atoms with E-state index in [4.69, 9.17) is 21.4 Å². The average Bonchev–Trinajstić information content (AvgIpc) is 3.17. The van der Waals surface area contributed by atoms with Gasteiger partial charge in [0.05, 0.1) is 19.1 Å². The van der Waals surface area contributed by atoms with Crippen molar-refractivity contribution in [1.82, 2.24) is 0 Å². The highest BCUT2D eigenvalue weighted by molar-refractivity contribution is 6.30. The van der Waals surface area contributed by atoms with Gasteiger partial charge in [-0.05, 0) is 30.9 Å². The van der Waals surface area contributed by atoms with Crippen LogP contribution in [0.25, 0.3) is 0 Å². The fourth-order valence-corrected chi connectivity index (χ4v) is 2.77. The topological polar surface area (TPSA) is 46.5 Å². The molecular weight excluding hydrogens is 309 g/mol. The summed E-state index contributed by atoms with van der Waals surface area (Å²) in [7, 11) is 1.15. The molecule has 0 amide bonds. The molecule has 1 aromatic rings. The number of benzene rings is 1. The van der Waals surface area contributed by atoms with Crippen molar-refractivity contribution in [3.63, 3.8) is 0 Å². The van der Waals surface area contributed by atoms with Gasteiger partial charge in [-0.15, -0.1) is 0 Å². The largest absolute Gasteiger partial charge is 0.496 e. The van der Waals surface area contributed by atoms with Crippen molar-refractivity contribution in [3.8, 4) is 5.75 Å². The third kappa shape index (κ3) is 3.61. The van der Waals surface area contributed by atoms with Gasteiger partial charge in [-0.1, -0.05) is 11.6 Å². The first kappa shape index (κ1) is 15.9. The summed E-state index contributed by atoms with van der Waals surface area (Å²) in [4.78, 5) is 11.0. The summed E-state index contributed by atoms with van der Waals surface area (Å²) >= 11 is 5.79. The molecule has 2 rings (SSSR count). The first-order chi connectivity index (χ1) is 9.74. The summed E-state index contributed by atoms with van der Waals surface area (Å²) in [5.41, 5.74) is -0.745. The molecule has 1 aromatic carbocycles. The van der Waals surface area contributed by atoms with Crippen LogP contribution in [0.5, 0.6) is 5.75 Å². The second kappa shape index (κ2) is 5.75. The second-order valence-electron chi connectivity index (χ2n) is 5.12. The SMILES string of the molecule is COc1c(C(CC(=O)O)C2CC2)cc(Cl)cc1C(F)(F)F. The highest BCUT2D eigenvalue weighted by Crippen LogP contribution is 2.50. The zero-order valence-electron chi connectivity index (χ0n) is 11.2. The third-order valence-electron chi connectivity index (χ3n) is 3.58. The van der Waals surface area contributed by atoms with Gasteiger partial charge in [0.25, 0.3) is 0 Å². The molecule has 21 heavy (non-hydrogen) atoms. The maximum Gasteiger partial charge on any atom is 0.420 e. The van der Waals surface area contributed by atoms with Crippen LogP contribution in [0.4, 0.5) is 13.2 Å². The summed E-state index contributed by atoms with van der Waals surface area (Å²) < 4.78 is 44.2. The van der Waals surface area contributed by atoms with Gasteiger partial charge in [-0.25, -0.2) is 0 Å². The smallest absolute Gasteiger partial charge is 0.420 e. The lowest BCUT2D eigenvalue weighted by molar-refractivity contribution is -0.138. The first-order valence-electron chi connectivity index (χ1n) is 6.40. The van der Waals surface area contributed by atoms with Gasteiger partial charge >= 0.3 is 12.1 Å². The van der Waals surface area contributed by atoms with Gasteiger partial charge in [0.1, 0.15) is 5.75 Å². The minimum Gasteiger partial charge on any atom is -0.496 e. The van der Waals surface area contributed by atoms with Crippen LogP contribution in [-0.4, -0.2) is 18.2 Å². The molecule has 7 heteroatoms. The number of carboxylic acids is 1. The van der Waals surface area contributed by atoms with Crippen LogP contribution in [0.15, 0.2) is 12.1 Å². The molecule has 0 radical (unpaired) electrons. The molecular formula is C14H14ClF3O3. The molecule has 116 valence electrons. The molecule has 1 N–H and O–H groups in total. The van der Waals surface area contributed by atoms with Crippen molar-refractivity contribution < 1.29 is 27.8 Å². The van der Waals surface area contributed by atoms with Crippen molar-refractivity contribution in [2.75, 3.05) is 7.11 Å². The van der Waals surface area contributed by atoms with E-state index in [0.717, 1.165) is 26.0 Å². The Morgan fingerprint density at radius 3 is 2.52 bits per heavy atom. The fourth-order valence-electron chi connectivity index (χ4n) is 2.55. The second-order valence-corrected chi connectivity index (χ2v) is 5.55. The first-order valence-corrected chi connectivity index (χ1v) is 6.78. The molecule has 1 unspecified atom stereocenters. The van der Waals surface area contributed by atoms with E-state index in [1.807, 2.05) is 0 Å². The quantitative estimate of drug-likeness (QED) is 0.877. The van der Waals surface area contributed by atoms with E-state index in [1.165, 1.54) is 6.07 Å². The number of ether oxygens (including phenoxy) is 1. The zero-order valence-corrected chi connectivity index (χ0v) is 12.0. The molecule has 0 heterocycles. The molecule has 1 aliphatic carbocycles. The monoisotopic (exact) mass is 322 g/mol. The van der Waals surface area contributed by atoms with E-state index in [0.29, 0.717) is 0 Å². The lowest BCUT2D eigenvalue weighted by atomic mass is 9.89. The maximum absolute atomic E-state index is 13.1. The zero-order chi connectivity index (χ0) is 15.8. The van der Waals surface area contributed by atoms with Crippen LogP contribution >= 0.6 is 11.6 Å². The highest BCUT2D eigenvalue weighted by Gasteiger charge is 2.40. The van der Waals surface area contributed by atoms with Crippen molar-refractivity contribution in [2.24, 2.45) is 5.92 Å². The van der Waals surface area contributed by atoms with Gasteiger partial charge in [0.15, 0.2) is 0 Å². The number of carbonyl (C=O) groups is 1.